The van der Waals surface area contributed by atoms with E-state index in [1.807, 2.05) is 48.5 Å². The van der Waals surface area contributed by atoms with E-state index in [0.717, 1.165) is 82.2 Å². The predicted octanol–water partition coefficient (Wildman–Crippen LogP) is 5.57. The highest BCUT2D eigenvalue weighted by atomic mass is 79.9. The van der Waals surface area contributed by atoms with Gasteiger partial charge >= 0.3 is 0 Å². The minimum atomic E-state index is 0.487. The van der Waals surface area contributed by atoms with Gasteiger partial charge in [-0.25, -0.2) is 0 Å². The van der Waals surface area contributed by atoms with Crippen molar-refractivity contribution in [1.82, 2.24) is 5.32 Å². The van der Waals surface area contributed by atoms with Crippen molar-refractivity contribution in [2.24, 2.45) is 4.99 Å². The fraction of sp³-hybridized carbons (Fsp3) is 0.296. The molecule has 33 heavy (non-hydrogen) atoms. The first-order valence-corrected chi connectivity index (χ1v) is 12.0. The Morgan fingerprint density at radius 2 is 1.79 bits per heavy atom. The van der Waals surface area contributed by atoms with Gasteiger partial charge in [0, 0.05) is 28.7 Å². The topological polar surface area (TPSA) is 52.1 Å². The van der Waals surface area contributed by atoms with E-state index in [1.54, 1.807) is 14.2 Å². The number of benzene rings is 3. The summed E-state index contributed by atoms with van der Waals surface area (Å²) in [4.78, 5) is 4.75. The molecule has 0 unspecified atom stereocenters. The molecule has 1 aliphatic rings. The molecule has 0 saturated carbocycles. The van der Waals surface area contributed by atoms with E-state index in [9.17, 15) is 0 Å². The molecule has 0 saturated heterocycles. The van der Waals surface area contributed by atoms with Crippen molar-refractivity contribution in [2.45, 2.75) is 25.9 Å². The molecule has 0 bridgehead atoms. The lowest BCUT2D eigenvalue weighted by Gasteiger charge is -2.20. The van der Waals surface area contributed by atoms with Crippen molar-refractivity contribution in [2.75, 3.05) is 27.3 Å². The van der Waals surface area contributed by atoms with Crippen molar-refractivity contribution < 1.29 is 14.2 Å². The molecule has 0 radical (unpaired) electrons. The summed E-state index contributed by atoms with van der Waals surface area (Å²) in [6.45, 7) is 2.27. The van der Waals surface area contributed by atoms with Gasteiger partial charge in [0.25, 0.3) is 0 Å². The zero-order valence-electron chi connectivity index (χ0n) is 19.1. The average molecular weight is 509 g/mol. The van der Waals surface area contributed by atoms with Gasteiger partial charge < -0.3 is 19.5 Å². The number of aryl methyl sites for hydroxylation is 1. The molecule has 1 heterocycles. The fourth-order valence-electron chi connectivity index (χ4n) is 3.98. The van der Waals surface area contributed by atoms with Crippen LogP contribution in [-0.4, -0.2) is 33.1 Å². The fourth-order valence-corrected chi connectivity index (χ4v) is 4.39. The number of rotatable bonds is 9. The molecule has 3 aromatic rings. The summed E-state index contributed by atoms with van der Waals surface area (Å²) >= 11 is 3.59. The van der Waals surface area contributed by atoms with Crippen LogP contribution in [0.5, 0.6) is 17.2 Å². The third-order valence-corrected chi connectivity index (χ3v) is 6.22. The van der Waals surface area contributed by atoms with Crippen LogP contribution in [-0.2, 0) is 19.4 Å². The first-order valence-electron chi connectivity index (χ1n) is 11.2. The second kappa shape index (κ2) is 11.2. The largest absolute Gasteiger partial charge is 0.497 e. The normalized spacial score (nSPS) is 13.1. The molecule has 1 aliphatic heterocycles. The van der Waals surface area contributed by atoms with Crippen LogP contribution in [0.1, 0.15) is 28.7 Å². The van der Waals surface area contributed by atoms with Crippen LogP contribution in [0, 0.1) is 0 Å². The number of halogens is 1. The number of amidine groups is 1. The van der Waals surface area contributed by atoms with Crippen LogP contribution in [0.3, 0.4) is 0 Å². The Morgan fingerprint density at radius 3 is 2.52 bits per heavy atom. The molecule has 0 amide bonds. The summed E-state index contributed by atoms with van der Waals surface area (Å²) in [7, 11) is 3.39. The lowest BCUT2D eigenvalue weighted by atomic mass is 9.97. The quantitative estimate of drug-likeness (QED) is 0.410. The maximum Gasteiger partial charge on any atom is 0.128 e. The molecular weight excluding hydrogens is 480 g/mol. The van der Waals surface area contributed by atoms with Crippen molar-refractivity contribution in [3.63, 3.8) is 0 Å². The van der Waals surface area contributed by atoms with Gasteiger partial charge in [0.1, 0.15) is 29.7 Å². The molecule has 4 rings (SSSR count). The lowest BCUT2D eigenvalue weighted by molar-refractivity contribution is 0.302. The molecule has 0 fully saturated rings. The maximum absolute atomic E-state index is 6.33. The van der Waals surface area contributed by atoms with Gasteiger partial charge in [-0.1, -0.05) is 40.2 Å². The predicted molar refractivity (Wildman–Crippen MR) is 136 cm³/mol. The molecule has 0 aliphatic carbocycles. The highest BCUT2D eigenvalue weighted by Crippen LogP contribution is 2.29. The van der Waals surface area contributed by atoms with E-state index in [2.05, 4.69) is 33.4 Å². The van der Waals surface area contributed by atoms with Gasteiger partial charge in [-0.2, -0.15) is 0 Å². The summed E-state index contributed by atoms with van der Waals surface area (Å²) in [5, 5.41) is 3.47. The van der Waals surface area contributed by atoms with E-state index >= 15 is 0 Å². The second-order valence-electron chi connectivity index (χ2n) is 7.89. The Kier molecular flexibility index (Phi) is 7.89. The van der Waals surface area contributed by atoms with Gasteiger partial charge in [-0.15, -0.1) is 0 Å². The van der Waals surface area contributed by atoms with Crippen LogP contribution < -0.4 is 19.5 Å². The van der Waals surface area contributed by atoms with E-state index in [0.29, 0.717) is 6.61 Å². The summed E-state index contributed by atoms with van der Waals surface area (Å²) in [6.07, 6.45) is 2.69. The van der Waals surface area contributed by atoms with Crippen LogP contribution in [0.25, 0.3) is 0 Å². The number of ether oxygens (including phenoxy) is 3. The van der Waals surface area contributed by atoms with Gasteiger partial charge in [0.05, 0.1) is 14.2 Å². The minimum Gasteiger partial charge on any atom is -0.497 e. The molecule has 172 valence electrons. The Hall–Kier alpha value is -2.99. The molecule has 6 heteroatoms. The van der Waals surface area contributed by atoms with Gasteiger partial charge in [0.2, 0.25) is 0 Å². The summed E-state index contributed by atoms with van der Waals surface area (Å²) < 4.78 is 18.2. The molecule has 0 aromatic heterocycles. The van der Waals surface area contributed by atoms with Crippen molar-refractivity contribution in [1.29, 1.82) is 0 Å². The number of hydrogen-bond acceptors (Lipinski definition) is 5. The van der Waals surface area contributed by atoms with Crippen molar-refractivity contribution >= 4 is 21.8 Å². The summed E-state index contributed by atoms with van der Waals surface area (Å²) in [5.74, 6) is 3.56. The Morgan fingerprint density at radius 1 is 0.939 bits per heavy atom. The first-order chi connectivity index (χ1) is 16.2. The Labute approximate surface area is 203 Å². The zero-order chi connectivity index (χ0) is 23.0. The highest BCUT2D eigenvalue weighted by Gasteiger charge is 2.17. The van der Waals surface area contributed by atoms with E-state index in [-0.39, 0.29) is 0 Å². The third kappa shape index (κ3) is 5.88. The smallest absolute Gasteiger partial charge is 0.128 e. The van der Waals surface area contributed by atoms with E-state index in [4.69, 9.17) is 19.2 Å². The van der Waals surface area contributed by atoms with Gasteiger partial charge in [0.15, 0.2) is 0 Å². The molecule has 5 nitrogen and oxygen atoms in total. The van der Waals surface area contributed by atoms with Gasteiger partial charge in [-0.3, -0.25) is 4.99 Å². The summed E-state index contributed by atoms with van der Waals surface area (Å²) in [5.41, 5.74) is 4.51. The van der Waals surface area contributed by atoms with Crippen LogP contribution >= 0.6 is 15.9 Å². The number of nitrogens with one attached hydrogen (secondary N) is 1. The number of aliphatic imine (C=N–C) groups is 1. The number of nitrogens with zero attached hydrogens (tertiary/aromatic N) is 1. The standard InChI is InChI=1S/C27H29BrN2O3/c1-31-22-11-7-19(8-12-22)18-33-26-6-3-5-24(27-29-15-4-16-30-27)23(26)13-9-20-17-21(28)10-14-25(20)32-2/h3,5-8,10-12,14,17H,4,9,13,15-16,18H2,1-2H3,(H,29,30). The Bertz CT molecular complexity index is 1110. The second-order valence-corrected chi connectivity index (χ2v) is 8.80. The maximum atomic E-state index is 6.33. The number of methoxy groups -OCH3 is 2. The van der Waals surface area contributed by atoms with E-state index < -0.39 is 0 Å². The molecule has 0 atom stereocenters. The van der Waals surface area contributed by atoms with Crippen molar-refractivity contribution in [3.8, 4) is 17.2 Å². The monoisotopic (exact) mass is 508 g/mol. The average Bonchev–Trinajstić information content (AvgIpc) is 2.87. The summed E-state index contributed by atoms with van der Waals surface area (Å²) in [6, 6.07) is 20.3. The van der Waals surface area contributed by atoms with E-state index in [1.165, 1.54) is 0 Å². The van der Waals surface area contributed by atoms with Crippen LogP contribution in [0.2, 0.25) is 0 Å². The zero-order valence-corrected chi connectivity index (χ0v) is 20.7. The van der Waals surface area contributed by atoms with Crippen LogP contribution in [0.4, 0.5) is 0 Å². The Balaban J connectivity index is 1.61. The first kappa shape index (κ1) is 23.2. The minimum absolute atomic E-state index is 0.487. The van der Waals surface area contributed by atoms with Crippen molar-refractivity contribution in [3.05, 3.63) is 87.4 Å². The van der Waals surface area contributed by atoms with Crippen LogP contribution in [0.15, 0.2) is 70.1 Å². The number of hydrogen-bond donors (Lipinski definition) is 1. The molecule has 3 aromatic carbocycles. The highest BCUT2D eigenvalue weighted by molar-refractivity contribution is 9.10. The SMILES string of the molecule is COc1ccc(COc2cccc(C3=NCCCN3)c2CCc2cc(Br)ccc2OC)cc1. The van der Waals surface area contributed by atoms with Gasteiger partial charge in [-0.05, 0) is 66.8 Å². The molecule has 1 N–H and O–H groups in total. The molecule has 0 spiro atoms. The molecular formula is C27H29BrN2O3. The lowest BCUT2D eigenvalue weighted by Crippen LogP contribution is -2.31. The third-order valence-electron chi connectivity index (χ3n) is 5.73.